The van der Waals surface area contributed by atoms with E-state index in [4.69, 9.17) is 0 Å². The lowest BCUT2D eigenvalue weighted by Crippen LogP contribution is -2.29. The molecule has 0 radical (unpaired) electrons. The van der Waals surface area contributed by atoms with Crippen LogP contribution in [0.4, 0.5) is 9.18 Å². The first-order chi connectivity index (χ1) is 4.16. The van der Waals surface area contributed by atoms with Crippen molar-refractivity contribution in [2.24, 2.45) is 0 Å². The Bertz CT molecular complexity index is 136. The number of hydrogen-bond acceptors (Lipinski definition) is 3. The number of alkyl halides is 1. The average molecular weight is 134 g/mol. The summed E-state index contributed by atoms with van der Waals surface area (Å²) < 4.78 is 20.7. The molecule has 9 heavy (non-hydrogen) atoms. The van der Waals surface area contributed by atoms with Crippen LogP contribution in [-0.2, 0) is 9.47 Å². The molecule has 1 aliphatic heterocycles. The molecule has 1 atom stereocenters. The van der Waals surface area contributed by atoms with Gasteiger partial charge in [0.1, 0.15) is 13.3 Å². The van der Waals surface area contributed by atoms with Crippen molar-refractivity contribution in [2.75, 3.05) is 13.3 Å². The number of halogens is 1. The van der Waals surface area contributed by atoms with E-state index in [9.17, 15) is 9.18 Å². The zero-order chi connectivity index (χ0) is 6.91. The largest absolute Gasteiger partial charge is 0.509 e. The lowest BCUT2D eigenvalue weighted by molar-refractivity contribution is 0.0505. The molecule has 0 amide bonds. The molecule has 0 aromatic carbocycles. The fourth-order valence-electron chi connectivity index (χ4n) is 0.538. The van der Waals surface area contributed by atoms with Gasteiger partial charge in [-0.3, -0.25) is 0 Å². The van der Waals surface area contributed by atoms with Gasteiger partial charge in [-0.1, -0.05) is 0 Å². The maximum absolute atomic E-state index is 11.9. The second-order valence-electron chi connectivity index (χ2n) is 2.22. The maximum atomic E-state index is 11.9. The minimum absolute atomic E-state index is 0.0162. The lowest BCUT2D eigenvalue weighted by atomic mass is 10.1. The third-order valence-electron chi connectivity index (χ3n) is 1.11. The van der Waals surface area contributed by atoms with Crippen LogP contribution in [0.2, 0.25) is 0 Å². The molecule has 0 aromatic rings. The van der Waals surface area contributed by atoms with E-state index in [1.807, 2.05) is 0 Å². The Labute approximate surface area is 51.7 Å². The summed E-state index contributed by atoms with van der Waals surface area (Å²) in [6, 6.07) is 0. The van der Waals surface area contributed by atoms with Gasteiger partial charge in [0, 0.05) is 0 Å². The van der Waals surface area contributed by atoms with Gasteiger partial charge in [-0.05, 0) is 6.92 Å². The Morgan fingerprint density at radius 1 is 1.89 bits per heavy atom. The monoisotopic (exact) mass is 134 g/mol. The van der Waals surface area contributed by atoms with Crippen LogP contribution in [0, 0.1) is 0 Å². The molecule has 1 fully saturated rings. The number of ether oxygens (including phenoxy) is 2. The SMILES string of the molecule is CC1(CF)COC(=O)O1. The summed E-state index contributed by atoms with van der Waals surface area (Å²) in [5.41, 5.74) is -1.03. The van der Waals surface area contributed by atoms with E-state index >= 15 is 0 Å². The van der Waals surface area contributed by atoms with Gasteiger partial charge >= 0.3 is 6.16 Å². The molecule has 0 saturated carbocycles. The normalized spacial score (nSPS) is 33.8. The average Bonchev–Trinajstić information content (AvgIpc) is 2.13. The fourth-order valence-corrected chi connectivity index (χ4v) is 0.538. The van der Waals surface area contributed by atoms with Crippen LogP contribution in [0.25, 0.3) is 0 Å². The van der Waals surface area contributed by atoms with Gasteiger partial charge in [0.15, 0.2) is 5.60 Å². The highest BCUT2D eigenvalue weighted by Gasteiger charge is 2.37. The summed E-state index contributed by atoms with van der Waals surface area (Å²) in [6.45, 7) is 0.805. The van der Waals surface area contributed by atoms with Crippen LogP contribution in [0.1, 0.15) is 6.92 Å². The van der Waals surface area contributed by atoms with Crippen LogP contribution >= 0.6 is 0 Å². The van der Waals surface area contributed by atoms with Crippen LogP contribution in [0.3, 0.4) is 0 Å². The molecule has 4 heteroatoms. The van der Waals surface area contributed by atoms with Crippen molar-refractivity contribution in [3.8, 4) is 0 Å². The Morgan fingerprint density at radius 2 is 2.56 bits per heavy atom. The molecule has 1 unspecified atom stereocenters. The molecule has 1 aliphatic rings. The van der Waals surface area contributed by atoms with Crippen molar-refractivity contribution < 1.29 is 18.7 Å². The van der Waals surface area contributed by atoms with Crippen molar-refractivity contribution in [3.05, 3.63) is 0 Å². The highest BCUT2D eigenvalue weighted by Crippen LogP contribution is 2.19. The zero-order valence-electron chi connectivity index (χ0n) is 5.02. The number of carbonyl (C=O) groups is 1. The van der Waals surface area contributed by atoms with Crippen LogP contribution in [0.5, 0.6) is 0 Å². The first-order valence-corrected chi connectivity index (χ1v) is 2.58. The molecule has 0 N–H and O–H groups in total. The highest BCUT2D eigenvalue weighted by molar-refractivity contribution is 5.62. The van der Waals surface area contributed by atoms with Crippen LogP contribution in [-0.4, -0.2) is 25.0 Å². The van der Waals surface area contributed by atoms with Crippen molar-refractivity contribution in [1.82, 2.24) is 0 Å². The molecule has 1 saturated heterocycles. The molecular formula is C5H7FO3. The summed E-state index contributed by atoms with van der Waals surface area (Å²) >= 11 is 0. The molecule has 1 rings (SSSR count). The maximum Gasteiger partial charge on any atom is 0.509 e. The first-order valence-electron chi connectivity index (χ1n) is 2.58. The third-order valence-corrected chi connectivity index (χ3v) is 1.11. The second-order valence-corrected chi connectivity index (χ2v) is 2.22. The minimum atomic E-state index is -1.03. The van der Waals surface area contributed by atoms with E-state index in [2.05, 4.69) is 9.47 Å². The summed E-state index contributed by atoms with van der Waals surface area (Å²) in [7, 11) is 0. The quantitative estimate of drug-likeness (QED) is 0.499. The van der Waals surface area contributed by atoms with Crippen molar-refractivity contribution in [2.45, 2.75) is 12.5 Å². The summed E-state index contributed by atoms with van der Waals surface area (Å²) in [4.78, 5) is 10.2. The molecular weight excluding hydrogens is 127 g/mol. The predicted octanol–water partition coefficient (Wildman–Crippen LogP) is 0.881. The molecule has 0 aliphatic carbocycles. The topological polar surface area (TPSA) is 35.5 Å². The van der Waals surface area contributed by atoms with E-state index in [-0.39, 0.29) is 6.61 Å². The smallest absolute Gasteiger partial charge is 0.430 e. The van der Waals surface area contributed by atoms with E-state index in [0.717, 1.165) is 0 Å². The van der Waals surface area contributed by atoms with Crippen molar-refractivity contribution in [1.29, 1.82) is 0 Å². The third kappa shape index (κ3) is 1.12. The zero-order valence-corrected chi connectivity index (χ0v) is 5.02. The molecule has 1 heterocycles. The Kier molecular flexibility index (Phi) is 1.31. The molecule has 0 aromatic heterocycles. The van der Waals surface area contributed by atoms with Gasteiger partial charge in [0.2, 0.25) is 0 Å². The van der Waals surface area contributed by atoms with Gasteiger partial charge < -0.3 is 9.47 Å². The van der Waals surface area contributed by atoms with Gasteiger partial charge in [0.05, 0.1) is 0 Å². The number of cyclic esters (lactones) is 2. The van der Waals surface area contributed by atoms with Gasteiger partial charge in [-0.25, -0.2) is 9.18 Å². The standard InChI is InChI=1S/C5H7FO3/c1-5(2-6)3-8-4(7)9-5/h2-3H2,1H3. The van der Waals surface area contributed by atoms with Crippen LogP contribution < -0.4 is 0 Å². The van der Waals surface area contributed by atoms with Gasteiger partial charge in [0.25, 0.3) is 0 Å². The van der Waals surface area contributed by atoms with E-state index < -0.39 is 18.4 Å². The predicted molar refractivity (Wildman–Crippen MR) is 26.8 cm³/mol. The Balaban J connectivity index is 2.54. The number of carbonyl (C=O) groups excluding carboxylic acids is 1. The molecule has 0 spiro atoms. The van der Waals surface area contributed by atoms with Crippen LogP contribution in [0.15, 0.2) is 0 Å². The second kappa shape index (κ2) is 1.86. The highest BCUT2D eigenvalue weighted by atomic mass is 19.1. The first kappa shape index (κ1) is 6.32. The van der Waals surface area contributed by atoms with Gasteiger partial charge in [-0.2, -0.15) is 0 Å². The van der Waals surface area contributed by atoms with E-state index in [1.165, 1.54) is 6.92 Å². The van der Waals surface area contributed by atoms with E-state index in [0.29, 0.717) is 0 Å². The summed E-state index contributed by atoms with van der Waals surface area (Å²) in [6.07, 6.45) is -0.782. The van der Waals surface area contributed by atoms with E-state index in [1.54, 1.807) is 0 Å². The Morgan fingerprint density at radius 3 is 2.78 bits per heavy atom. The lowest BCUT2D eigenvalue weighted by Gasteiger charge is -2.12. The van der Waals surface area contributed by atoms with Crippen molar-refractivity contribution >= 4 is 6.16 Å². The number of rotatable bonds is 1. The van der Waals surface area contributed by atoms with Crippen molar-refractivity contribution in [3.63, 3.8) is 0 Å². The minimum Gasteiger partial charge on any atom is -0.430 e. The Hall–Kier alpha value is -0.800. The molecule has 52 valence electrons. The summed E-state index contributed by atoms with van der Waals surface area (Å²) in [5, 5.41) is 0. The number of hydrogen-bond donors (Lipinski definition) is 0. The summed E-state index contributed by atoms with van der Waals surface area (Å²) in [5.74, 6) is 0. The molecule has 3 nitrogen and oxygen atoms in total. The fraction of sp³-hybridized carbons (Fsp3) is 0.800. The van der Waals surface area contributed by atoms with Gasteiger partial charge in [-0.15, -0.1) is 0 Å². The molecule has 0 bridgehead atoms.